The van der Waals surface area contributed by atoms with Crippen molar-refractivity contribution in [2.24, 2.45) is 28.1 Å². The molecule has 3 heteroatoms. The summed E-state index contributed by atoms with van der Waals surface area (Å²) in [6.45, 7) is 11.4. The lowest BCUT2D eigenvalue weighted by atomic mass is 9.58. The molecule has 3 aliphatic rings. The zero-order valence-corrected chi connectivity index (χ0v) is 15.9. The third kappa shape index (κ3) is 1.45. The van der Waals surface area contributed by atoms with Crippen LogP contribution in [0.25, 0.3) is 0 Å². The largest absolute Gasteiger partial charge is 0.384 e. The summed E-state index contributed by atoms with van der Waals surface area (Å²) in [6, 6.07) is 7.32. The first-order valence-electron chi connectivity index (χ1n) is 9.02. The van der Waals surface area contributed by atoms with Crippen molar-refractivity contribution in [3.05, 3.63) is 46.5 Å². The van der Waals surface area contributed by atoms with Gasteiger partial charge in [0.15, 0.2) is 11.6 Å². The standard InChI is InChI=1S/C22H26O3/c1-12-13(2)22(5)17-16(21(12,4)20(22,3)11-25-6)18(23)14-9-7-8-10-15(14)19(17)24/h7-10,16-17H,11H2,1-6H3/t16-,17+,20?,21+,22-. The summed E-state index contributed by atoms with van der Waals surface area (Å²) in [5.41, 5.74) is 2.69. The van der Waals surface area contributed by atoms with Crippen molar-refractivity contribution in [2.45, 2.75) is 34.6 Å². The molecule has 0 spiro atoms. The van der Waals surface area contributed by atoms with Crippen LogP contribution in [-0.4, -0.2) is 25.3 Å². The average molecular weight is 338 g/mol. The summed E-state index contributed by atoms with van der Waals surface area (Å²) in [7, 11) is 1.71. The highest BCUT2D eigenvalue weighted by atomic mass is 16.5. The summed E-state index contributed by atoms with van der Waals surface area (Å²) in [5.74, 6) is -0.353. The van der Waals surface area contributed by atoms with Gasteiger partial charge in [-0.05, 0) is 13.8 Å². The molecule has 0 heterocycles. The number of allylic oxidation sites excluding steroid dienone is 2. The number of carbonyl (C=O) groups excluding carboxylic acids is 2. The molecule has 132 valence electrons. The SMILES string of the molecule is COCC1(C)[C@@]2(C)C(C)=C(C)[C@]1(C)[C@@H]1C(=O)c3ccccc3C(=O)[C@@H]12. The Hall–Kier alpha value is -1.74. The molecule has 1 fully saturated rings. The second-order valence-electron chi connectivity index (χ2n) is 8.65. The minimum absolute atomic E-state index is 0.126. The highest BCUT2D eigenvalue weighted by molar-refractivity contribution is 6.17. The number of rotatable bonds is 2. The fourth-order valence-electron chi connectivity index (χ4n) is 6.63. The lowest BCUT2D eigenvalue weighted by molar-refractivity contribution is -0.0190. The number of ether oxygens (including phenoxy) is 1. The quantitative estimate of drug-likeness (QED) is 0.754. The van der Waals surface area contributed by atoms with E-state index in [4.69, 9.17) is 4.74 Å². The topological polar surface area (TPSA) is 43.4 Å². The third-order valence-corrected chi connectivity index (χ3v) is 8.45. The van der Waals surface area contributed by atoms with E-state index >= 15 is 0 Å². The summed E-state index contributed by atoms with van der Waals surface area (Å²) in [5, 5.41) is 0. The molecule has 25 heavy (non-hydrogen) atoms. The van der Waals surface area contributed by atoms with Crippen LogP contribution >= 0.6 is 0 Å². The molecular weight excluding hydrogens is 312 g/mol. The fourth-order valence-corrected chi connectivity index (χ4v) is 6.63. The second kappa shape index (κ2) is 4.70. The summed E-state index contributed by atoms with van der Waals surface area (Å²) in [6.07, 6.45) is 0. The Morgan fingerprint density at radius 1 is 0.880 bits per heavy atom. The maximum atomic E-state index is 13.5. The first kappa shape index (κ1) is 16.7. The van der Waals surface area contributed by atoms with Gasteiger partial charge < -0.3 is 4.74 Å². The van der Waals surface area contributed by atoms with Gasteiger partial charge in [0.05, 0.1) is 6.61 Å². The van der Waals surface area contributed by atoms with E-state index in [0.29, 0.717) is 17.7 Å². The number of carbonyl (C=O) groups is 2. The van der Waals surface area contributed by atoms with E-state index < -0.39 is 0 Å². The predicted octanol–water partition coefficient (Wildman–Crippen LogP) is 4.33. The lowest BCUT2D eigenvalue weighted by Crippen LogP contribution is -2.46. The molecule has 1 unspecified atom stereocenters. The van der Waals surface area contributed by atoms with Gasteiger partial charge in [0.25, 0.3) is 0 Å². The number of hydrogen-bond acceptors (Lipinski definition) is 3. The zero-order chi connectivity index (χ0) is 18.4. The summed E-state index contributed by atoms with van der Waals surface area (Å²) >= 11 is 0. The summed E-state index contributed by atoms with van der Waals surface area (Å²) in [4.78, 5) is 27.0. The van der Waals surface area contributed by atoms with E-state index in [1.54, 1.807) is 7.11 Å². The lowest BCUT2D eigenvalue weighted by Gasteiger charge is -2.44. The van der Waals surface area contributed by atoms with Gasteiger partial charge in [-0.2, -0.15) is 0 Å². The molecule has 0 amide bonds. The number of benzene rings is 1. The number of methoxy groups -OCH3 is 1. The molecule has 0 N–H and O–H groups in total. The number of ketones is 2. The smallest absolute Gasteiger partial charge is 0.168 e. The molecule has 5 atom stereocenters. The van der Waals surface area contributed by atoms with Crippen molar-refractivity contribution in [1.82, 2.24) is 0 Å². The fraction of sp³-hybridized carbons (Fsp3) is 0.545. The van der Waals surface area contributed by atoms with Gasteiger partial charge in [-0.3, -0.25) is 9.59 Å². The van der Waals surface area contributed by atoms with E-state index in [1.165, 1.54) is 11.1 Å². The molecule has 0 radical (unpaired) electrons. The number of Topliss-reactive ketones (excluding diaryl/α,β-unsaturated/α-hetero) is 2. The van der Waals surface area contributed by atoms with Gasteiger partial charge >= 0.3 is 0 Å². The molecule has 0 aromatic heterocycles. The predicted molar refractivity (Wildman–Crippen MR) is 96.7 cm³/mol. The van der Waals surface area contributed by atoms with E-state index in [1.807, 2.05) is 24.3 Å². The summed E-state index contributed by atoms with van der Waals surface area (Å²) < 4.78 is 5.64. The molecule has 0 saturated heterocycles. The molecule has 4 rings (SSSR count). The minimum Gasteiger partial charge on any atom is -0.384 e. The van der Waals surface area contributed by atoms with Crippen LogP contribution in [0.4, 0.5) is 0 Å². The molecule has 1 aromatic carbocycles. The first-order valence-corrected chi connectivity index (χ1v) is 9.02. The third-order valence-electron chi connectivity index (χ3n) is 8.45. The Balaban J connectivity index is 2.05. The van der Waals surface area contributed by atoms with Gasteiger partial charge in [0.2, 0.25) is 0 Å². The van der Waals surface area contributed by atoms with Crippen molar-refractivity contribution in [3.8, 4) is 0 Å². The molecule has 1 aromatic rings. The van der Waals surface area contributed by atoms with Crippen LogP contribution in [0.1, 0.15) is 55.3 Å². The Morgan fingerprint density at radius 3 is 1.64 bits per heavy atom. The van der Waals surface area contributed by atoms with Gasteiger partial charge in [-0.1, -0.05) is 56.2 Å². The molecule has 3 nitrogen and oxygen atoms in total. The first-order chi connectivity index (χ1) is 11.7. The Bertz CT molecular complexity index is 786. The molecule has 0 aliphatic heterocycles. The van der Waals surface area contributed by atoms with Gasteiger partial charge in [-0.25, -0.2) is 0 Å². The van der Waals surface area contributed by atoms with Crippen molar-refractivity contribution < 1.29 is 14.3 Å². The van der Waals surface area contributed by atoms with Crippen LogP contribution in [0.5, 0.6) is 0 Å². The molecular formula is C22H26O3. The van der Waals surface area contributed by atoms with Crippen LogP contribution in [0.3, 0.4) is 0 Å². The molecule has 2 bridgehead atoms. The number of fused-ring (bicyclic) bond motifs is 6. The average Bonchev–Trinajstić information content (AvgIpc) is 2.82. The van der Waals surface area contributed by atoms with Crippen molar-refractivity contribution in [2.75, 3.05) is 13.7 Å². The monoisotopic (exact) mass is 338 g/mol. The van der Waals surface area contributed by atoms with Crippen molar-refractivity contribution in [3.63, 3.8) is 0 Å². The van der Waals surface area contributed by atoms with E-state index in [9.17, 15) is 9.59 Å². The van der Waals surface area contributed by atoms with Crippen LogP contribution in [0, 0.1) is 28.1 Å². The van der Waals surface area contributed by atoms with Gasteiger partial charge in [0, 0.05) is 46.3 Å². The zero-order valence-electron chi connectivity index (χ0n) is 15.9. The Labute approximate surface area is 149 Å². The van der Waals surface area contributed by atoms with Crippen molar-refractivity contribution >= 4 is 11.6 Å². The number of hydrogen-bond donors (Lipinski definition) is 0. The Kier molecular flexibility index (Phi) is 3.14. The van der Waals surface area contributed by atoms with E-state index in [2.05, 4.69) is 34.6 Å². The maximum Gasteiger partial charge on any atom is 0.168 e. The normalized spacial score (nSPS) is 42.0. The van der Waals surface area contributed by atoms with E-state index in [0.717, 1.165) is 0 Å². The van der Waals surface area contributed by atoms with Crippen LogP contribution in [-0.2, 0) is 4.74 Å². The van der Waals surface area contributed by atoms with E-state index in [-0.39, 0.29) is 39.6 Å². The second-order valence-corrected chi connectivity index (χ2v) is 8.65. The molecule has 1 saturated carbocycles. The maximum absolute atomic E-state index is 13.5. The van der Waals surface area contributed by atoms with Crippen LogP contribution in [0.15, 0.2) is 35.4 Å². The minimum atomic E-state index is -0.368. The van der Waals surface area contributed by atoms with Crippen LogP contribution < -0.4 is 0 Å². The molecule has 3 aliphatic carbocycles. The van der Waals surface area contributed by atoms with Crippen LogP contribution in [0.2, 0.25) is 0 Å². The highest BCUT2D eigenvalue weighted by Crippen LogP contribution is 2.79. The Morgan fingerprint density at radius 2 is 1.28 bits per heavy atom. The van der Waals surface area contributed by atoms with Gasteiger partial charge in [-0.15, -0.1) is 0 Å². The van der Waals surface area contributed by atoms with Gasteiger partial charge in [0.1, 0.15) is 0 Å². The highest BCUT2D eigenvalue weighted by Gasteiger charge is 2.78. The van der Waals surface area contributed by atoms with Crippen molar-refractivity contribution in [1.29, 1.82) is 0 Å².